The van der Waals surface area contributed by atoms with Gasteiger partial charge >= 0.3 is 0 Å². The first-order valence-electron chi connectivity index (χ1n) is 7.66. The zero-order chi connectivity index (χ0) is 14.8. The van der Waals surface area contributed by atoms with Gasteiger partial charge < -0.3 is 15.6 Å². The molecule has 1 aromatic heterocycles. The number of fused-ring (bicyclic) bond motifs is 1. The lowest BCUT2D eigenvalue weighted by molar-refractivity contribution is -0.123. The largest absolute Gasteiger partial charge is 0.350 e. The van der Waals surface area contributed by atoms with Crippen LogP contribution in [0.1, 0.15) is 63.6 Å². The number of hydrogen-bond donors (Lipinski definition) is 2. The van der Waals surface area contributed by atoms with Crippen LogP contribution < -0.4 is 11.1 Å². The molecule has 1 aromatic rings. The fourth-order valence-electron chi connectivity index (χ4n) is 2.71. The monoisotopic (exact) mass is 277 g/mol. The Morgan fingerprint density at radius 3 is 2.90 bits per heavy atom. The van der Waals surface area contributed by atoms with Crippen molar-refractivity contribution in [2.75, 3.05) is 0 Å². The Labute approximate surface area is 121 Å². The second-order valence-electron chi connectivity index (χ2n) is 6.55. The molecule has 0 aromatic carbocycles. The van der Waals surface area contributed by atoms with Gasteiger partial charge in [0, 0.05) is 24.0 Å². The first-order valence-corrected chi connectivity index (χ1v) is 7.66. The molecule has 3 N–H and O–H groups in total. The van der Waals surface area contributed by atoms with Crippen LogP contribution in [-0.2, 0) is 17.8 Å². The van der Waals surface area contributed by atoms with Crippen LogP contribution in [0.5, 0.6) is 0 Å². The van der Waals surface area contributed by atoms with Gasteiger partial charge in [0.25, 0.3) is 0 Å². The third kappa shape index (κ3) is 3.63. The van der Waals surface area contributed by atoms with Gasteiger partial charge in [0.05, 0.1) is 0 Å². The number of nitrogens with one attached hydrogen (secondary N) is 1. The molecule has 1 atom stereocenters. The van der Waals surface area contributed by atoms with Gasteiger partial charge in [-0.1, -0.05) is 13.3 Å². The molecule has 0 saturated heterocycles. The molecule has 2 rings (SSSR count). The second-order valence-corrected chi connectivity index (χ2v) is 6.55. The lowest BCUT2D eigenvalue weighted by atomic mass is 10.0. The van der Waals surface area contributed by atoms with Crippen LogP contribution in [0.15, 0.2) is 12.4 Å². The van der Waals surface area contributed by atoms with Crippen LogP contribution in [0, 0.1) is 0 Å². The number of amides is 1. The summed E-state index contributed by atoms with van der Waals surface area (Å²) in [6.07, 6.45) is 9.60. The molecule has 1 unspecified atom stereocenters. The van der Waals surface area contributed by atoms with E-state index < -0.39 is 0 Å². The molecule has 4 heteroatoms. The van der Waals surface area contributed by atoms with Gasteiger partial charge in [0.1, 0.15) is 6.54 Å². The van der Waals surface area contributed by atoms with E-state index in [-0.39, 0.29) is 17.5 Å². The Balaban J connectivity index is 2.04. The molecule has 0 saturated carbocycles. The number of nitrogens with zero attached hydrogens (tertiary/aromatic N) is 1. The number of carbonyl (C=O) groups excluding carboxylic acids is 1. The topological polar surface area (TPSA) is 60.0 Å². The fraction of sp³-hybridized carbons (Fsp3) is 0.688. The van der Waals surface area contributed by atoms with E-state index in [0.29, 0.717) is 6.54 Å². The van der Waals surface area contributed by atoms with Gasteiger partial charge in [-0.3, -0.25) is 4.79 Å². The Morgan fingerprint density at radius 1 is 1.45 bits per heavy atom. The summed E-state index contributed by atoms with van der Waals surface area (Å²) in [7, 11) is 0. The molecule has 112 valence electrons. The quantitative estimate of drug-likeness (QED) is 0.831. The van der Waals surface area contributed by atoms with Crippen LogP contribution in [0.3, 0.4) is 0 Å². The normalized spacial score (nSPS) is 19.3. The third-order valence-corrected chi connectivity index (χ3v) is 4.30. The van der Waals surface area contributed by atoms with E-state index in [1.165, 1.54) is 24.0 Å². The van der Waals surface area contributed by atoms with Gasteiger partial charge in [-0.25, -0.2) is 0 Å². The second kappa shape index (κ2) is 6.00. The summed E-state index contributed by atoms with van der Waals surface area (Å²) < 4.78 is 1.98. The van der Waals surface area contributed by atoms with Crippen molar-refractivity contribution in [3.63, 3.8) is 0 Å². The molecule has 20 heavy (non-hydrogen) atoms. The molecule has 1 aliphatic rings. The van der Waals surface area contributed by atoms with Crippen molar-refractivity contribution in [2.45, 2.75) is 71.0 Å². The lowest BCUT2D eigenvalue weighted by Crippen LogP contribution is -2.44. The number of aryl methyl sites for hydroxylation is 1. The molecule has 0 fully saturated rings. The van der Waals surface area contributed by atoms with E-state index in [9.17, 15) is 4.79 Å². The highest BCUT2D eigenvalue weighted by Crippen LogP contribution is 2.27. The van der Waals surface area contributed by atoms with Crippen molar-refractivity contribution in [2.24, 2.45) is 5.73 Å². The van der Waals surface area contributed by atoms with Gasteiger partial charge in [-0.2, -0.15) is 0 Å². The Bertz CT molecular complexity index is 476. The maximum atomic E-state index is 12.1. The lowest BCUT2D eigenvalue weighted by Gasteiger charge is -2.24. The summed E-state index contributed by atoms with van der Waals surface area (Å²) in [5.41, 5.74) is 8.60. The first-order chi connectivity index (χ1) is 9.41. The fourth-order valence-corrected chi connectivity index (χ4v) is 2.71. The maximum absolute atomic E-state index is 12.1. The molecule has 4 nitrogen and oxygen atoms in total. The van der Waals surface area contributed by atoms with Gasteiger partial charge in [-0.05, 0) is 50.7 Å². The molecule has 0 radical (unpaired) electrons. The van der Waals surface area contributed by atoms with Gasteiger partial charge in [-0.15, -0.1) is 0 Å². The van der Waals surface area contributed by atoms with E-state index in [4.69, 9.17) is 5.73 Å². The number of carbonyl (C=O) groups is 1. The SMILES string of the molecule is CCC(C)(C)NC(=O)Cn1cc2c(c1)C(N)CCCC2. The van der Waals surface area contributed by atoms with Gasteiger partial charge in [0.15, 0.2) is 0 Å². The van der Waals surface area contributed by atoms with Gasteiger partial charge in [0.2, 0.25) is 5.91 Å². The average Bonchev–Trinajstić information content (AvgIpc) is 2.69. The highest BCUT2D eigenvalue weighted by atomic mass is 16.2. The van der Waals surface area contributed by atoms with E-state index in [0.717, 1.165) is 19.3 Å². The first kappa shape index (κ1) is 15.1. The molecule has 1 amide bonds. The van der Waals surface area contributed by atoms with Crippen LogP contribution in [-0.4, -0.2) is 16.0 Å². The van der Waals surface area contributed by atoms with E-state index in [1.54, 1.807) is 0 Å². The molecule has 1 heterocycles. The van der Waals surface area contributed by atoms with Crippen molar-refractivity contribution in [3.05, 3.63) is 23.5 Å². The van der Waals surface area contributed by atoms with Crippen molar-refractivity contribution >= 4 is 5.91 Å². The summed E-state index contributed by atoms with van der Waals surface area (Å²) in [5.74, 6) is 0.0654. The third-order valence-electron chi connectivity index (χ3n) is 4.30. The predicted molar refractivity (Wildman–Crippen MR) is 81.4 cm³/mol. The molecule has 0 aliphatic heterocycles. The van der Waals surface area contributed by atoms with E-state index >= 15 is 0 Å². The average molecular weight is 277 g/mol. The van der Waals surface area contributed by atoms with E-state index in [2.05, 4.69) is 24.6 Å². The minimum atomic E-state index is -0.141. The zero-order valence-electron chi connectivity index (χ0n) is 12.9. The number of nitrogens with two attached hydrogens (primary N) is 1. The van der Waals surface area contributed by atoms with Crippen molar-refractivity contribution < 1.29 is 4.79 Å². The minimum Gasteiger partial charge on any atom is -0.350 e. The zero-order valence-corrected chi connectivity index (χ0v) is 12.9. The standard InChI is InChI=1S/C16H27N3O/c1-4-16(2,3)18-15(20)11-19-9-12-7-5-6-8-14(17)13(12)10-19/h9-10,14H,4-8,11,17H2,1-3H3,(H,18,20). The smallest absolute Gasteiger partial charge is 0.240 e. The molecular formula is C16H27N3O. The van der Waals surface area contributed by atoms with Crippen molar-refractivity contribution in [1.82, 2.24) is 9.88 Å². The maximum Gasteiger partial charge on any atom is 0.240 e. The molecular weight excluding hydrogens is 250 g/mol. The highest BCUT2D eigenvalue weighted by molar-refractivity contribution is 5.76. The summed E-state index contributed by atoms with van der Waals surface area (Å²) in [4.78, 5) is 12.1. The summed E-state index contributed by atoms with van der Waals surface area (Å²) in [5, 5.41) is 3.07. The van der Waals surface area contributed by atoms with E-state index in [1.807, 2.05) is 18.4 Å². The minimum absolute atomic E-state index is 0.0654. The number of hydrogen-bond acceptors (Lipinski definition) is 2. The van der Waals surface area contributed by atoms with Crippen LogP contribution >= 0.6 is 0 Å². The Kier molecular flexibility index (Phi) is 4.53. The summed E-state index contributed by atoms with van der Waals surface area (Å²) in [6, 6.07) is 0.129. The Morgan fingerprint density at radius 2 is 2.20 bits per heavy atom. The van der Waals surface area contributed by atoms with Crippen molar-refractivity contribution in [3.8, 4) is 0 Å². The molecule has 0 spiro atoms. The highest BCUT2D eigenvalue weighted by Gasteiger charge is 2.20. The molecule has 0 bridgehead atoms. The predicted octanol–water partition coefficient (Wildman–Crippen LogP) is 2.52. The Hall–Kier alpha value is -1.29. The van der Waals surface area contributed by atoms with Crippen molar-refractivity contribution in [1.29, 1.82) is 0 Å². The number of rotatable bonds is 4. The summed E-state index contributed by atoms with van der Waals surface area (Å²) in [6.45, 7) is 6.55. The van der Waals surface area contributed by atoms with Crippen LogP contribution in [0.4, 0.5) is 0 Å². The van der Waals surface area contributed by atoms with Crippen LogP contribution in [0.25, 0.3) is 0 Å². The molecule has 1 aliphatic carbocycles. The van der Waals surface area contributed by atoms with Crippen LogP contribution in [0.2, 0.25) is 0 Å². The number of aromatic nitrogens is 1. The summed E-state index contributed by atoms with van der Waals surface area (Å²) >= 11 is 0.